The van der Waals surface area contributed by atoms with Gasteiger partial charge < -0.3 is 9.30 Å². The molecule has 1 aromatic carbocycles. The molecule has 0 aliphatic rings. The van der Waals surface area contributed by atoms with E-state index in [9.17, 15) is 13.2 Å². The molecular weight excluding hydrogens is 403 g/mol. The second-order valence-corrected chi connectivity index (χ2v) is 7.23. The van der Waals surface area contributed by atoms with Gasteiger partial charge >= 0.3 is 6.18 Å². The van der Waals surface area contributed by atoms with Gasteiger partial charge in [-0.3, -0.25) is 0 Å². The molecule has 1 unspecified atom stereocenters. The molecule has 8 heteroatoms. The summed E-state index contributed by atoms with van der Waals surface area (Å²) >= 11 is 6.24. The number of hydrogen-bond donors (Lipinski definition) is 0. The Kier molecular flexibility index (Phi) is 6.49. The van der Waals surface area contributed by atoms with Crippen molar-refractivity contribution in [1.82, 2.24) is 14.5 Å². The lowest BCUT2D eigenvalue weighted by Gasteiger charge is -2.19. The van der Waals surface area contributed by atoms with E-state index in [1.165, 1.54) is 6.07 Å². The zero-order valence-corrected chi connectivity index (χ0v) is 17.3. The first-order valence-corrected chi connectivity index (χ1v) is 9.91. The van der Waals surface area contributed by atoms with E-state index in [1.54, 1.807) is 19.4 Å². The number of aryl methyl sites for hydroxylation is 1. The highest BCUT2D eigenvalue weighted by molar-refractivity contribution is 6.33. The smallest absolute Gasteiger partial charge is 0.385 e. The third kappa shape index (κ3) is 4.26. The summed E-state index contributed by atoms with van der Waals surface area (Å²) in [5.74, 6) is 0.880. The number of hydrogen-bond acceptors (Lipinski definition) is 3. The minimum absolute atomic E-state index is 0.0337. The predicted octanol–water partition coefficient (Wildman–Crippen LogP) is 6.32. The largest absolute Gasteiger partial charge is 0.416 e. The number of benzene rings is 1. The summed E-state index contributed by atoms with van der Waals surface area (Å²) < 4.78 is 46.3. The second kappa shape index (κ2) is 8.71. The maximum atomic E-state index is 13.0. The predicted molar refractivity (Wildman–Crippen MR) is 108 cm³/mol. The molecule has 0 fully saturated rings. The van der Waals surface area contributed by atoms with Gasteiger partial charge in [-0.1, -0.05) is 31.5 Å². The fraction of sp³-hybridized carbons (Fsp3) is 0.429. The molecule has 0 saturated heterocycles. The number of imidazole rings is 1. The van der Waals surface area contributed by atoms with Crippen molar-refractivity contribution < 1.29 is 17.9 Å². The fourth-order valence-electron chi connectivity index (χ4n) is 3.56. The molecule has 4 nitrogen and oxygen atoms in total. The molecule has 0 amide bonds. The average molecular weight is 426 g/mol. The van der Waals surface area contributed by atoms with E-state index in [-0.39, 0.29) is 11.1 Å². The molecule has 156 valence electrons. The molecule has 0 aliphatic heterocycles. The Balaban J connectivity index is 2.17. The first kappa shape index (κ1) is 21.6. The molecular formula is C21H23ClF3N3O. The topological polar surface area (TPSA) is 39.9 Å². The van der Waals surface area contributed by atoms with Crippen LogP contribution in [0.25, 0.3) is 22.3 Å². The summed E-state index contributed by atoms with van der Waals surface area (Å²) in [6, 6.07) is 5.30. The van der Waals surface area contributed by atoms with Crippen molar-refractivity contribution in [2.75, 3.05) is 13.7 Å². The van der Waals surface area contributed by atoms with Gasteiger partial charge in [0.15, 0.2) is 5.65 Å². The normalized spacial score (nSPS) is 13.2. The third-order valence-electron chi connectivity index (χ3n) is 5.05. The van der Waals surface area contributed by atoms with Crippen LogP contribution in [0.1, 0.15) is 44.1 Å². The molecule has 0 saturated carbocycles. The lowest BCUT2D eigenvalue weighted by Crippen LogP contribution is -2.14. The van der Waals surface area contributed by atoms with Crippen LogP contribution >= 0.6 is 11.6 Å². The van der Waals surface area contributed by atoms with Crippen molar-refractivity contribution in [2.24, 2.45) is 0 Å². The number of ether oxygens (including phenoxy) is 1. The maximum absolute atomic E-state index is 13.0. The molecule has 0 aliphatic carbocycles. The lowest BCUT2D eigenvalue weighted by atomic mass is 10.0. The summed E-state index contributed by atoms with van der Waals surface area (Å²) in [6.07, 6.45) is -0.387. The second-order valence-electron chi connectivity index (χ2n) is 6.82. The highest BCUT2D eigenvalue weighted by atomic mass is 35.5. The van der Waals surface area contributed by atoms with Crippen LogP contribution < -0.4 is 0 Å². The Morgan fingerprint density at radius 1 is 1.17 bits per heavy atom. The number of aromatic nitrogens is 3. The average Bonchev–Trinajstić information content (AvgIpc) is 3.07. The van der Waals surface area contributed by atoms with Gasteiger partial charge in [-0.05, 0) is 31.0 Å². The Hall–Kier alpha value is -2.12. The van der Waals surface area contributed by atoms with E-state index in [4.69, 9.17) is 21.3 Å². The molecule has 2 heterocycles. The van der Waals surface area contributed by atoms with Crippen molar-refractivity contribution in [3.8, 4) is 11.1 Å². The van der Waals surface area contributed by atoms with Crippen LogP contribution in [-0.4, -0.2) is 28.3 Å². The lowest BCUT2D eigenvalue weighted by molar-refractivity contribution is -0.137. The summed E-state index contributed by atoms with van der Waals surface area (Å²) in [6.45, 7) is 4.74. The van der Waals surface area contributed by atoms with Gasteiger partial charge in [-0.2, -0.15) is 13.2 Å². The van der Waals surface area contributed by atoms with E-state index in [2.05, 4.69) is 16.5 Å². The number of rotatable bonds is 7. The van der Waals surface area contributed by atoms with Gasteiger partial charge in [0.1, 0.15) is 11.3 Å². The van der Waals surface area contributed by atoms with Crippen LogP contribution in [0.4, 0.5) is 13.2 Å². The van der Waals surface area contributed by atoms with Gasteiger partial charge in [-0.25, -0.2) is 9.97 Å². The molecule has 0 radical (unpaired) electrons. The Morgan fingerprint density at radius 2 is 1.93 bits per heavy atom. The third-order valence-corrected chi connectivity index (χ3v) is 5.36. The zero-order chi connectivity index (χ0) is 21.2. The van der Waals surface area contributed by atoms with Crippen molar-refractivity contribution in [2.45, 2.75) is 45.3 Å². The van der Waals surface area contributed by atoms with Crippen LogP contribution in [0.15, 0.2) is 30.5 Å². The number of halogens is 4. The highest BCUT2D eigenvalue weighted by Gasteiger charge is 2.31. The van der Waals surface area contributed by atoms with E-state index >= 15 is 0 Å². The quantitative estimate of drug-likeness (QED) is 0.444. The number of fused-ring (bicyclic) bond motifs is 1. The van der Waals surface area contributed by atoms with Crippen LogP contribution in [-0.2, 0) is 17.3 Å². The molecule has 29 heavy (non-hydrogen) atoms. The maximum Gasteiger partial charge on any atom is 0.416 e. The van der Waals surface area contributed by atoms with Crippen LogP contribution in [0, 0.1) is 0 Å². The van der Waals surface area contributed by atoms with Crippen molar-refractivity contribution in [3.05, 3.63) is 46.9 Å². The van der Waals surface area contributed by atoms with Gasteiger partial charge in [0.05, 0.1) is 5.56 Å². The number of alkyl halides is 3. The van der Waals surface area contributed by atoms with Crippen molar-refractivity contribution >= 4 is 22.8 Å². The summed E-state index contributed by atoms with van der Waals surface area (Å²) in [5.41, 5.74) is 1.75. The molecule has 2 aromatic heterocycles. The number of nitrogens with zero attached hydrogens (tertiary/aromatic N) is 3. The van der Waals surface area contributed by atoms with Crippen molar-refractivity contribution in [3.63, 3.8) is 0 Å². The minimum Gasteiger partial charge on any atom is -0.385 e. The number of pyridine rings is 1. The SMILES string of the molecule is CCc1nc2c(-c3ccc(C(F)(F)F)cc3Cl)ccnc2n1C(CC)CCOC. The number of methoxy groups -OCH3 is 1. The van der Waals surface area contributed by atoms with Gasteiger partial charge in [0.25, 0.3) is 0 Å². The monoisotopic (exact) mass is 425 g/mol. The fourth-order valence-corrected chi connectivity index (χ4v) is 3.85. The first-order valence-electron chi connectivity index (χ1n) is 9.53. The Morgan fingerprint density at radius 3 is 2.52 bits per heavy atom. The van der Waals surface area contributed by atoms with E-state index in [0.717, 1.165) is 30.8 Å². The first-order chi connectivity index (χ1) is 13.8. The molecule has 3 rings (SSSR count). The standard InChI is InChI=1S/C21H23ClF3N3O/c1-4-14(9-11-29-3)28-18(5-2)27-19-16(8-10-26-20(19)28)15-7-6-13(12-17(15)22)21(23,24)25/h6-8,10,12,14H,4-5,9,11H2,1-3H3. The van der Waals surface area contributed by atoms with Gasteiger partial charge in [-0.15, -0.1) is 0 Å². The molecule has 0 spiro atoms. The Labute approximate surface area is 172 Å². The highest BCUT2D eigenvalue weighted by Crippen LogP contribution is 2.38. The van der Waals surface area contributed by atoms with E-state index in [1.807, 2.05) is 6.92 Å². The minimum atomic E-state index is -4.44. The van der Waals surface area contributed by atoms with Gasteiger partial charge in [0.2, 0.25) is 0 Å². The Bertz CT molecular complexity index is 1000. The summed E-state index contributed by atoms with van der Waals surface area (Å²) in [7, 11) is 1.67. The van der Waals surface area contributed by atoms with E-state index < -0.39 is 11.7 Å². The molecule has 1 atom stereocenters. The van der Waals surface area contributed by atoms with Gasteiger partial charge in [0, 0.05) is 48.5 Å². The summed E-state index contributed by atoms with van der Waals surface area (Å²) in [5, 5.41) is 0.0337. The van der Waals surface area contributed by atoms with Crippen LogP contribution in [0.2, 0.25) is 5.02 Å². The van der Waals surface area contributed by atoms with Crippen molar-refractivity contribution in [1.29, 1.82) is 0 Å². The zero-order valence-electron chi connectivity index (χ0n) is 16.6. The van der Waals surface area contributed by atoms with E-state index in [0.29, 0.717) is 35.3 Å². The van der Waals surface area contributed by atoms with Crippen LogP contribution in [0.3, 0.4) is 0 Å². The molecule has 0 N–H and O–H groups in total. The summed E-state index contributed by atoms with van der Waals surface area (Å²) in [4.78, 5) is 9.31. The molecule has 0 bridgehead atoms. The molecule has 3 aromatic rings. The van der Waals surface area contributed by atoms with Crippen LogP contribution in [0.5, 0.6) is 0 Å².